The normalized spacial score (nSPS) is 19.1. The first kappa shape index (κ1) is 12.9. The van der Waals surface area contributed by atoms with Crippen LogP contribution < -0.4 is 4.46 Å². The predicted molar refractivity (Wildman–Crippen MR) is 81.9 cm³/mol. The molecule has 1 saturated heterocycles. The van der Waals surface area contributed by atoms with Crippen molar-refractivity contribution in [2.24, 2.45) is 0 Å². The van der Waals surface area contributed by atoms with Crippen molar-refractivity contribution in [1.29, 1.82) is 0 Å². The van der Waals surface area contributed by atoms with Crippen LogP contribution in [0.25, 0.3) is 0 Å². The van der Waals surface area contributed by atoms with Gasteiger partial charge < -0.3 is 0 Å². The van der Waals surface area contributed by atoms with Crippen LogP contribution in [-0.2, 0) is 6.54 Å². The Morgan fingerprint density at radius 3 is 2.26 bits per heavy atom. The Balaban J connectivity index is 1.50. The van der Waals surface area contributed by atoms with Gasteiger partial charge in [0.05, 0.1) is 0 Å². The van der Waals surface area contributed by atoms with E-state index in [0.717, 1.165) is 12.6 Å². The molecule has 0 N–H and O–H groups in total. The molecule has 0 amide bonds. The maximum absolute atomic E-state index is 2.63. The van der Waals surface area contributed by atoms with Crippen LogP contribution >= 0.6 is 0 Å². The molecule has 1 heterocycles. The van der Waals surface area contributed by atoms with Gasteiger partial charge in [0.15, 0.2) is 0 Å². The van der Waals surface area contributed by atoms with Gasteiger partial charge in [0, 0.05) is 0 Å². The molecule has 1 aliphatic heterocycles. The predicted octanol–water partition coefficient (Wildman–Crippen LogP) is 2.71. The summed E-state index contributed by atoms with van der Waals surface area (Å²) in [6.07, 6.45) is 1.38. The summed E-state index contributed by atoms with van der Waals surface area (Å²) < 4.78 is 1.53. The quantitative estimate of drug-likeness (QED) is 0.767. The van der Waals surface area contributed by atoms with Crippen molar-refractivity contribution in [2.75, 3.05) is 6.54 Å². The van der Waals surface area contributed by atoms with Crippen molar-refractivity contribution in [3.05, 3.63) is 66.2 Å². The SMILES string of the molecule is c1ccc(CN2CCC2C[Se]c2ccccc2)cc1. The average molecular weight is 316 g/mol. The van der Waals surface area contributed by atoms with Crippen LogP contribution in [0, 0.1) is 0 Å². The number of rotatable bonds is 5. The van der Waals surface area contributed by atoms with E-state index in [1.807, 2.05) is 0 Å². The van der Waals surface area contributed by atoms with Gasteiger partial charge in [-0.15, -0.1) is 0 Å². The van der Waals surface area contributed by atoms with E-state index >= 15 is 0 Å². The van der Waals surface area contributed by atoms with E-state index in [0.29, 0.717) is 15.0 Å². The molecule has 98 valence electrons. The van der Waals surface area contributed by atoms with Crippen LogP contribution in [-0.4, -0.2) is 32.4 Å². The van der Waals surface area contributed by atoms with Crippen LogP contribution in [0.1, 0.15) is 12.0 Å². The molecule has 1 fully saturated rings. The molecule has 2 aromatic carbocycles. The molecule has 1 atom stereocenters. The monoisotopic (exact) mass is 317 g/mol. The van der Waals surface area contributed by atoms with Gasteiger partial charge >= 0.3 is 121 Å². The third kappa shape index (κ3) is 3.48. The molecule has 2 aromatic rings. The molecule has 0 saturated carbocycles. The third-order valence-corrected chi connectivity index (χ3v) is 6.11. The zero-order valence-corrected chi connectivity index (χ0v) is 12.7. The van der Waals surface area contributed by atoms with Crippen LogP contribution in [0.2, 0.25) is 5.32 Å². The van der Waals surface area contributed by atoms with E-state index in [2.05, 4.69) is 65.6 Å². The second-order valence-corrected chi connectivity index (χ2v) is 7.32. The number of benzene rings is 2. The minimum absolute atomic E-state index is 0.626. The summed E-state index contributed by atoms with van der Waals surface area (Å²) in [5.74, 6) is 0. The van der Waals surface area contributed by atoms with Gasteiger partial charge in [0.1, 0.15) is 0 Å². The molecular formula is C17H19NSe. The summed E-state index contributed by atoms with van der Waals surface area (Å²) in [6.45, 7) is 2.39. The standard InChI is InChI=1S/C17H19NSe/c1-3-7-15(8-4-1)13-18-12-11-16(18)14-19-17-9-5-2-6-10-17/h1-10,16H,11-14H2. The van der Waals surface area contributed by atoms with Gasteiger partial charge in [0.25, 0.3) is 0 Å². The number of hydrogen-bond acceptors (Lipinski definition) is 1. The van der Waals surface area contributed by atoms with Gasteiger partial charge in [-0.05, 0) is 0 Å². The molecule has 0 aromatic heterocycles. The first-order valence-corrected chi connectivity index (χ1v) is 8.94. The first-order valence-electron chi connectivity index (χ1n) is 6.87. The van der Waals surface area contributed by atoms with Gasteiger partial charge in [-0.25, -0.2) is 0 Å². The van der Waals surface area contributed by atoms with Gasteiger partial charge in [-0.3, -0.25) is 0 Å². The molecule has 0 radical (unpaired) electrons. The Bertz CT molecular complexity index is 497. The third-order valence-electron chi connectivity index (χ3n) is 3.68. The fourth-order valence-corrected chi connectivity index (χ4v) is 4.75. The van der Waals surface area contributed by atoms with E-state index in [1.165, 1.54) is 28.3 Å². The topological polar surface area (TPSA) is 3.24 Å². The summed E-state index contributed by atoms with van der Waals surface area (Å²) >= 11 is 0.626. The molecule has 1 aliphatic rings. The molecule has 1 unspecified atom stereocenters. The summed E-state index contributed by atoms with van der Waals surface area (Å²) in [5.41, 5.74) is 1.44. The van der Waals surface area contributed by atoms with E-state index in [1.54, 1.807) is 0 Å². The Morgan fingerprint density at radius 2 is 1.63 bits per heavy atom. The van der Waals surface area contributed by atoms with Crippen LogP contribution in [0.15, 0.2) is 60.7 Å². The molecule has 0 bridgehead atoms. The average Bonchev–Trinajstić information content (AvgIpc) is 2.46. The second-order valence-electron chi connectivity index (χ2n) is 5.02. The molecular weight excluding hydrogens is 297 g/mol. The number of hydrogen-bond donors (Lipinski definition) is 0. The molecule has 0 aliphatic carbocycles. The van der Waals surface area contributed by atoms with Gasteiger partial charge in [0.2, 0.25) is 0 Å². The molecule has 3 rings (SSSR count). The molecule has 19 heavy (non-hydrogen) atoms. The Hall–Kier alpha value is -1.08. The number of likely N-dealkylation sites (tertiary alicyclic amines) is 1. The van der Waals surface area contributed by atoms with E-state index < -0.39 is 0 Å². The van der Waals surface area contributed by atoms with Crippen molar-refractivity contribution >= 4 is 19.4 Å². The van der Waals surface area contributed by atoms with Gasteiger partial charge in [-0.2, -0.15) is 0 Å². The molecule has 2 heteroatoms. The van der Waals surface area contributed by atoms with Crippen LogP contribution in [0.3, 0.4) is 0 Å². The summed E-state index contributed by atoms with van der Waals surface area (Å²) in [5, 5.41) is 1.35. The second kappa shape index (κ2) is 6.38. The summed E-state index contributed by atoms with van der Waals surface area (Å²) in [6, 6.07) is 22.6. The maximum atomic E-state index is 2.63. The van der Waals surface area contributed by atoms with Crippen LogP contribution in [0.5, 0.6) is 0 Å². The fraction of sp³-hybridized carbons (Fsp3) is 0.294. The zero-order chi connectivity index (χ0) is 12.9. The van der Waals surface area contributed by atoms with Crippen molar-refractivity contribution in [3.63, 3.8) is 0 Å². The molecule has 0 spiro atoms. The van der Waals surface area contributed by atoms with Crippen LogP contribution in [0.4, 0.5) is 0 Å². The van der Waals surface area contributed by atoms with Crippen molar-refractivity contribution in [1.82, 2.24) is 4.90 Å². The fourth-order valence-electron chi connectivity index (χ4n) is 2.42. The summed E-state index contributed by atoms with van der Waals surface area (Å²) in [7, 11) is 0. The van der Waals surface area contributed by atoms with E-state index in [9.17, 15) is 0 Å². The Labute approximate surface area is 121 Å². The first-order chi connectivity index (χ1) is 9.42. The Morgan fingerprint density at radius 1 is 0.947 bits per heavy atom. The van der Waals surface area contributed by atoms with E-state index in [4.69, 9.17) is 0 Å². The van der Waals surface area contributed by atoms with Crippen molar-refractivity contribution < 1.29 is 0 Å². The molecule has 1 nitrogen and oxygen atoms in total. The van der Waals surface area contributed by atoms with Crippen molar-refractivity contribution in [3.8, 4) is 0 Å². The zero-order valence-electron chi connectivity index (χ0n) is 11.0. The van der Waals surface area contributed by atoms with E-state index in [-0.39, 0.29) is 0 Å². The van der Waals surface area contributed by atoms with Crippen molar-refractivity contribution in [2.45, 2.75) is 24.3 Å². The minimum atomic E-state index is 0.626. The Kier molecular flexibility index (Phi) is 4.34. The number of nitrogens with zero attached hydrogens (tertiary/aromatic N) is 1. The summed E-state index contributed by atoms with van der Waals surface area (Å²) in [4.78, 5) is 2.63. The van der Waals surface area contributed by atoms with Gasteiger partial charge in [-0.1, -0.05) is 0 Å².